The van der Waals surface area contributed by atoms with Gasteiger partial charge in [-0.2, -0.15) is 0 Å². The number of aliphatic carboxylic acids is 1. The van der Waals surface area contributed by atoms with Crippen molar-refractivity contribution < 1.29 is 19.6 Å². The van der Waals surface area contributed by atoms with Gasteiger partial charge in [0.15, 0.2) is 0 Å². The van der Waals surface area contributed by atoms with Crippen LogP contribution >= 0.6 is 0 Å². The number of amides is 2. The van der Waals surface area contributed by atoms with Crippen LogP contribution in [0.5, 0.6) is 0 Å². The van der Waals surface area contributed by atoms with E-state index in [2.05, 4.69) is 5.32 Å². The minimum atomic E-state index is -1.38. The summed E-state index contributed by atoms with van der Waals surface area (Å²) in [6.07, 6.45) is 0. The summed E-state index contributed by atoms with van der Waals surface area (Å²) in [5, 5.41) is 22.3. The van der Waals surface area contributed by atoms with Gasteiger partial charge in [-0.3, -0.25) is 10.1 Å². The normalized spacial score (nSPS) is 10.9. The van der Waals surface area contributed by atoms with Gasteiger partial charge in [0.1, 0.15) is 5.54 Å². The second-order valence-electron chi connectivity index (χ2n) is 5.11. The molecule has 1 aromatic rings. The van der Waals surface area contributed by atoms with Crippen molar-refractivity contribution >= 4 is 23.4 Å². The van der Waals surface area contributed by atoms with Crippen molar-refractivity contribution in [2.45, 2.75) is 26.3 Å². The second kappa shape index (κ2) is 5.78. The first-order valence-electron chi connectivity index (χ1n) is 6.10. The third-order valence-electron chi connectivity index (χ3n) is 3.31. The number of hydrogen-bond donors (Lipinski definition) is 2. The lowest BCUT2D eigenvalue weighted by Crippen LogP contribution is -2.52. The second-order valence-corrected chi connectivity index (χ2v) is 5.11. The first-order chi connectivity index (χ1) is 9.57. The fourth-order valence-electron chi connectivity index (χ4n) is 1.54. The number of carbonyl (C=O) groups is 2. The summed E-state index contributed by atoms with van der Waals surface area (Å²) in [7, 11) is 1.36. The molecule has 8 heteroatoms. The van der Waals surface area contributed by atoms with Gasteiger partial charge in [-0.1, -0.05) is 0 Å². The number of carboxylic acids is 1. The molecule has 21 heavy (non-hydrogen) atoms. The molecule has 0 spiro atoms. The van der Waals surface area contributed by atoms with Gasteiger partial charge in [0.2, 0.25) is 0 Å². The molecule has 0 aliphatic heterocycles. The Morgan fingerprint density at radius 2 is 1.95 bits per heavy atom. The van der Waals surface area contributed by atoms with E-state index in [0.29, 0.717) is 11.3 Å². The van der Waals surface area contributed by atoms with E-state index in [1.807, 2.05) is 0 Å². The van der Waals surface area contributed by atoms with Gasteiger partial charge in [0.25, 0.3) is 5.69 Å². The van der Waals surface area contributed by atoms with Gasteiger partial charge in [-0.15, -0.1) is 0 Å². The fraction of sp³-hybridized carbons (Fsp3) is 0.385. The zero-order valence-electron chi connectivity index (χ0n) is 12.2. The number of urea groups is 1. The molecule has 0 saturated carbocycles. The van der Waals surface area contributed by atoms with E-state index in [0.717, 1.165) is 4.90 Å². The summed E-state index contributed by atoms with van der Waals surface area (Å²) < 4.78 is 0. The zero-order valence-corrected chi connectivity index (χ0v) is 12.2. The topological polar surface area (TPSA) is 113 Å². The molecule has 0 aromatic heterocycles. The van der Waals surface area contributed by atoms with E-state index in [-0.39, 0.29) is 5.69 Å². The quantitative estimate of drug-likeness (QED) is 0.653. The molecular weight excluding hydrogens is 278 g/mol. The van der Waals surface area contributed by atoms with Gasteiger partial charge in [-0.05, 0) is 32.9 Å². The predicted octanol–water partition coefficient (Wildman–Crippen LogP) is 2.23. The van der Waals surface area contributed by atoms with Crippen LogP contribution in [-0.4, -0.2) is 39.5 Å². The maximum absolute atomic E-state index is 12.0. The van der Waals surface area contributed by atoms with E-state index in [9.17, 15) is 19.7 Å². The third kappa shape index (κ3) is 3.47. The number of nitro groups is 1. The molecule has 0 radical (unpaired) electrons. The Morgan fingerprint density at radius 1 is 1.38 bits per heavy atom. The number of hydrogen-bond acceptors (Lipinski definition) is 4. The Kier molecular flexibility index (Phi) is 4.52. The first-order valence-corrected chi connectivity index (χ1v) is 6.10. The Balaban J connectivity index is 2.92. The first kappa shape index (κ1) is 16.4. The highest BCUT2D eigenvalue weighted by Gasteiger charge is 2.35. The van der Waals surface area contributed by atoms with Gasteiger partial charge in [0.05, 0.1) is 4.92 Å². The van der Waals surface area contributed by atoms with Crippen molar-refractivity contribution in [1.29, 1.82) is 0 Å². The standard InChI is InChI=1S/C13H17N3O5/c1-8-7-9(5-6-10(8)16(20)21)14-12(19)15(4)13(2,3)11(17)18/h5-7H,1-4H3,(H,14,19)(H,17,18). The summed E-state index contributed by atoms with van der Waals surface area (Å²) in [6, 6.07) is 3.52. The highest BCUT2D eigenvalue weighted by molar-refractivity contribution is 5.93. The highest BCUT2D eigenvalue weighted by Crippen LogP contribution is 2.22. The number of nitro benzene ring substituents is 1. The zero-order chi connectivity index (χ0) is 16.4. The van der Waals surface area contributed by atoms with Crippen LogP contribution in [0.15, 0.2) is 18.2 Å². The van der Waals surface area contributed by atoms with E-state index in [1.165, 1.54) is 39.1 Å². The number of anilines is 1. The molecule has 1 aromatic carbocycles. The van der Waals surface area contributed by atoms with E-state index in [1.54, 1.807) is 6.92 Å². The number of aryl methyl sites for hydroxylation is 1. The average molecular weight is 295 g/mol. The van der Waals surface area contributed by atoms with Gasteiger partial charge < -0.3 is 15.3 Å². The number of rotatable bonds is 4. The monoisotopic (exact) mass is 295 g/mol. The summed E-state index contributed by atoms with van der Waals surface area (Å²) in [4.78, 5) is 34.4. The van der Waals surface area contributed by atoms with Crippen LogP contribution in [0.25, 0.3) is 0 Å². The number of benzene rings is 1. The molecule has 0 aliphatic carbocycles. The molecule has 114 valence electrons. The molecule has 2 amide bonds. The van der Waals surface area contributed by atoms with Crippen LogP contribution in [-0.2, 0) is 4.79 Å². The fourth-order valence-corrected chi connectivity index (χ4v) is 1.54. The average Bonchev–Trinajstić information content (AvgIpc) is 2.37. The maximum Gasteiger partial charge on any atom is 0.329 e. The van der Waals surface area contributed by atoms with Crippen molar-refractivity contribution in [2.75, 3.05) is 12.4 Å². The van der Waals surface area contributed by atoms with Crippen LogP contribution in [0.3, 0.4) is 0 Å². The SMILES string of the molecule is Cc1cc(NC(=O)N(C)C(C)(C)C(=O)O)ccc1[N+](=O)[O-]. The van der Waals surface area contributed by atoms with Crippen LogP contribution in [0.4, 0.5) is 16.2 Å². The predicted molar refractivity (Wildman–Crippen MR) is 76.3 cm³/mol. The molecule has 0 fully saturated rings. The van der Waals surface area contributed by atoms with Gasteiger partial charge in [0, 0.05) is 24.4 Å². The molecule has 2 N–H and O–H groups in total. The van der Waals surface area contributed by atoms with Crippen LogP contribution < -0.4 is 5.32 Å². The Morgan fingerprint density at radius 3 is 2.38 bits per heavy atom. The summed E-state index contributed by atoms with van der Waals surface area (Å²) in [5.41, 5.74) is -0.666. The summed E-state index contributed by atoms with van der Waals surface area (Å²) >= 11 is 0. The molecule has 8 nitrogen and oxygen atoms in total. The van der Waals surface area contributed by atoms with Gasteiger partial charge >= 0.3 is 12.0 Å². The number of carboxylic acid groups (broad SMARTS) is 1. The lowest BCUT2D eigenvalue weighted by atomic mass is 10.0. The highest BCUT2D eigenvalue weighted by atomic mass is 16.6. The van der Waals surface area contributed by atoms with Crippen LogP contribution in [0, 0.1) is 17.0 Å². The van der Waals surface area contributed by atoms with Gasteiger partial charge in [-0.25, -0.2) is 9.59 Å². The maximum atomic E-state index is 12.0. The molecule has 0 bridgehead atoms. The van der Waals surface area contributed by atoms with E-state index < -0.39 is 22.5 Å². The molecule has 0 unspecified atom stereocenters. The molecule has 0 atom stereocenters. The summed E-state index contributed by atoms with van der Waals surface area (Å²) in [5.74, 6) is -1.14. The van der Waals surface area contributed by atoms with Crippen molar-refractivity contribution in [3.8, 4) is 0 Å². The number of nitrogens with one attached hydrogen (secondary N) is 1. The summed E-state index contributed by atoms with van der Waals surface area (Å²) in [6.45, 7) is 4.35. The van der Waals surface area contributed by atoms with Crippen molar-refractivity contribution in [3.05, 3.63) is 33.9 Å². The smallest absolute Gasteiger partial charge is 0.329 e. The molecule has 0 heterocycles. The Labute approximate surface area is 121 Å². The number of nitrogens with zero attached hydrogens (tertiary/aromatic N) is 2. The minimum Gasteiger partial charge on any atom is -0.480 e. The van der Waals surface area contributed by atoms with Crippen LogP contribution in [0.1, 0.15) is 19.4 Å². The minimum absolute atomic E-state index is 0.0489. The Hall–Kier alpha value is -2.64. The molecule has 0 aliphatic rings. The lowest BCUT2D eigenvalue weighted by Gasteiger charge is -2.31. The van der Waals surface area contributed by atoms with Crippen molar-refractivity contribution in [1.82, 2.24) is 4.90 Å². The van der Waals surface area contributed by atoms with E-state index in [4.69, 9.17) is 5.11 Å². The largest absolute Gasteiger partial charge is 0.480 e. The number of likely N-dealkylation sites (N-methyl/N-ethyl adjacent to an activating group) is 1. The lowest BCUT2D eigenvalue weighted by molar-refractivity contribution is -0.385. The van der Waals surface area contributed by atoms with Crippen molar-refractivity contribution in [2.24, 2.45) is 0 Å². The van der Waals surface area contributed by atoms with E-state index >= 15 is 0 Å². The third-order valence-corrected chi connectivity index (χ3v) is 3.31. The molecule has 0 saturated heterocycles. The van der Waals surface area contributed by atoms with Crippen molar-refractivity contribution in [3.63, 3.8) is 0 Å². The molecular formula is C13H17N3O5. The van der Waals surface area contributed by atoms with Crippen LogP contribution in [0.2, 0.25) is 0 Å². The Bertz CT molecular complexity index is 597. The molecule has 1 rings (SSSR count). The number of carbonyl (C=O) groups excluding carboxylic acids is 1.